The van der Waals surface area contributed by atoms with Crippen LogP contribution in [-0.2, 0) is 0 Å². The van der Waals surface area contributed by atoms with E-state index in [1.807, 2.05) is 60.8 Å². The van der Waals surface area contributed by atoms with Crippen molar-refractivity contribution >= 4 is 28.3 Å². The van der Waals surface area contributed by atoms with Gasteiger partial charge in [0.05, 0.1) is 10.9 Å². The minimum atomic E-state index is -0.0912. The highest BCUT2D eigenvalue weighted by molar-refractivity contribution is 7.17. The van der Waals surface area contributed by atoms with Crippen molar-refractivity contribution in [3.8, 4) is 10.4 Å². The van der Waals surface area contributed by atoms with Gasteiger partial charge in [0.25, 0.3) is 5.91 Å². The molecular weight excluding hydrogens is 356 g/mol. The molecule has 0 saturated heterocycles. The number of benzene rings is 1. The Morgan fingerprint density at radius 3 is 2.81 bits per heavy atom. The smallest absolute Gasteiger partial charge is 0.261 e. The molecule has 1 unspecified atom stereocenters. The van der Waals surface area contributed by atoms with Gasteiger partial charge in [0.1, 0.15) is 5.65 Å². The first-order chi connectivity index (χ1) is 13.3. The monoisotopic (exact) mass is 376 g/mol. The van der Waals surface area contributed by atoms with Crippen LogP contribution < -0.4 is 11.1 Å². The number of thiophene rings is 1. The van der Waals surface area contributed by atoms with E-state index in [1.165, 1.54) is 11.3 Å². The van der Waals surface area contributed by atoms with Gasteiger partial charge in [-0.15, -0.1) is 11.3 Å². The summed E-state index contributed by atoms with van der Waals surface area (Å²) >= 11 is 1.48. The Balaban J connectivity index is 1.56. The lowest BCUT2D eigenvalue weighted by Gasteiger charge is -2.18. The van der Waals surface area contributed by atoms with Gasteiger partial charge in [-0.25, -0.2) is 4.98 Å². The van der Waals surface area contributed by atoms with Crippen LogP contribution in [0.15, 0.2) is 67.0 Å². The predicted molar refractivity (Wildman–Crippen MR) is 110 cm³/mol. The average molecular weight is 376 g/mol. The first kappa shape index (κ1) is 17.5. The molecule has 27 heavy (non-hydrogen) atoms. The molecule has 1 aromatic carbocycles. The third-order valence-corrected chi connectivity index (χ3v) is 5.63. The minimum Gasteiger partial charge on any atom is -0.345 e. The number of H-pyrrole nitrogens is 1. The maximum Gasteiger partial charge on any atom is 0.261 e. The third-order valence-electron chi connectivity index (χ3n) is 4.51. The van der Waals surface area contributed by atoms with E-state index in [-0.39, 0.29) is 11.9 Å². The minimum absolute atomic E-state index is 0.0773. The number of nitrogens with two attached hydrogens (primary N) is 1. The molecule has 1 amide bonds. The van der Waals surface area contributed by atoms with E-state index < -0.39 is 0 Å². The molecule has 5 nitrogen and oxygen atoms in total. The van der Waals surface area contributed by atoms with E-state index in [1.54, 1.807) is 6.20 Å². The number of aromatic nitrogens is 2. The van der Waals surface area contributed by atoms with E-state index in [0.717, 1.165) is 27.0 Å². The summed E-state index contributed by atoms with van der Waals surface area (Å²) in [5.74, 6) is -0.0773. The van der Waals surface area contributed by atoms with Gasteiger partial charge in [0, 0.05) is 28.2 Å². The zero-order valence-corrected chi connectivity index (χ0v) is 15.5. The molecule has 6 heteroatoms. The number of nitrogens with zero attached hydrogens (tertiary/aromatic N) is 1. The normalized spacial score (nSPS) is 12.2. The quantitative estimate of drug-likeness (QED) is 0.473. The molecule has 0 spiro atoms. The lowest BCUT2D eigenvalue weighted by Crippen LogP contribution is -2.29. The zero-order chi connectivity index (χ0) is 18.6. The maximum atomic E-state index is 12.8. The van der Waals surface area contributed by atoms with Crippen LogP contribution in [0.1, 0.15) is 27.7 Å². The Hall–Kier alpha value is -2.96. The van der Waals surface area contributed by atoms with Crippen molar-refractivity contribution in [3.63, 3.8) is 0 Å². The average Bonchev–Trinajstić information content (AvgIpc) is 3.35. The van der Waals surface area contributed by atoms with Crippen LogP contribution in [0.3, 0.4) is 0 Å². The molecule has 0 saturated carbocycles. The van der Waals surface area contributed by atoms with Gasteiger partial charge in [-0.05, 0) is 42.8 Å². The summed E-state index contributed by atoms with van der Waals surface area (Å²) in [6, 6.07) is 17.6. The Morgan fingerprint density at radius 1 is 1.15 bits per heavy atom. The zero-order valence-electron chi connectivity index (χ0n) is 14.7. The van der Waals surface area contributed by atoms with Crippen LogP contribution in [0.5, 0.6) is 0 Å². The number of fused-ring (bicyclic) bond motifs is 1. The molecule has 4 rings (SSSR count). The number of carbonyl (C=O) groups excluding carboxylic acids is 1. The van der Waals surface area contributed by atoms with E-state index in [4.69, 9.17) is 5.73 Å². The number of amides is 1. The second kappa shape index (κ2) is 7.73. The standard InChI is InChI=1S/C21H20N4OS/c22-11-10-17(14-5-2-1-3-6-14)25-21(26)19-9-8-18(27-19)16-13-24-20-15(16)7-4-12-23-20/h1-9,12-13,17H,10-11,22H2,(H,23,24)(H,25,26). The van der Waals surface area contributed by atoms with E-state index >= 15 is 0 Å². The van der Waals surface area contributed by atoms with E-state index in [2.05, 4.69) is 15.3 Å². The molecule has 4 aromatic rings. The summed E-state index contributed by atoms with van der Waals surface area (Å²) in [6.07, 6.45) is 4.39. The van der Waals surface area contributed by atoms with Gasteiger partial charge in [-0.2, -0.15) is 0 Å². The Bertz CT molecular complexity index is 1050. The lowest BCUT2D eigenvalue weighted by atomic mass is 10.0. The number of hydrogen-bond acceptors (Lipinski definition) is 4. The van der Waals surface area contributed by atoms with Crippen LogP contribution in [-0.4, -0.2) is 22.4 Å². The van der Waals surface area contributed by atoms with Gasteiger partial charge >= 0.3 is 0 Å². The van der Waals surface area contributed by atoms with Crippen LogP contribution in [0.2, 0.25) is 0 Å². The summed E-state index contributed by atoms with van der Waals surface area (Å²) in [6.45, 7) is 0.512. The second-order valence-electron chi connectivity index (χ2n) is 6.28. The number of rotatable bonds is 6. The summed E-state index contributed by atoms with van der Waals surface area (Å²) in [4.78, 5) is 22.0. The molecule has 1 atom stereocenters. The molecule has 3 heterocycles. The van der Waals surface area contributed by atoms with Crippen molar-refractivity contribution in [2.45, 2.75) is 12.5 Å². The fourth-order valence-electron chi connectivity index (χ4n) is 3.17. The van der Waals surface area contributed by atoms with Crippen molar-refractivity contribution in [3.05, 3.63) is 77.4 Å². The van der Waals surface area contributed by atoms with Gasteiger partial charge < -0.3 is 16.0 Å². The van der Waals surface area contributed by atoms with Gasteiger partial charge in [-0.3, -0.25) is 4.79 Å². The predicted octanol–water partition coefficient (Wildman–Crippen LogP) is 4.11. The molecule has 136 valence electrons. The fourth-order valence-corrected chi connectivity index (χ4v) is 4.11. The molecule has 0 radical (unpaired) electrons. The van der Waals surface area contributed by atoms with Gasteiger partial charge in [0.2, 0.25) is 0 Å². The Kier molecular flexibility index (Phi) is 5.00. The molecule has 0 fully saturated rings. The molecule has 4 N–H and O–H groups in total. The fraction of sp³-hybridized carbons (Fsp3) is 0.143. The van der Waals surface area contributed by atoms with E-state index in [9.17, 15) is 4.79 Å². The van der Waals surface area contributed by atoms with Crippen molar-refractivity contribution in [2.24, 2.45) is 5.73 Å². The van der Waals surface area contributed by atoms with Crippen molar-refractivity contribution in [2.75, 3.05) is 6.54 Å². The first-order valence-electron chi connectivity index (χ1n) is 8.84. The summed E-state index contributed by atoms with van der Waals surface area (Å²) in [5, 5.41) is 4.17. The maximum absolute atomic E-state index is 12.8. The number of pyridine rings is 1. The van der Waals surface area contributed by atoms with Crippen molar-refractivity contribution in [1.82, 2.24) is 15.3 Å². The van der Waals surface area contributed by atoms with Gasteiger partial charge in [0.15, 0.2) is 0 Å². The second-order valence-corrected chi connectivity index (χ2v) is 7.36. The van der Waals surface area contributed by atoms with Crippen molar-refractivity contribution in [1.29, 1.82) is 0 Å². The molecular formula is C21H20N4OS. The Labute approximate surface area is 161 Å². The van der Waals surface area contributed by atoms with Crippen LogP contribution >= 0.6 is 11.3 Å². The lowest BCUT2D eigenvalue weighted by molar-refractivity contribution is 0.0939. The highest BCUT2D eigenvalue weighted by Gasteiger charge is 2.17. The molecule has 0 aliphatic heterocycles. The molecule has 0 aliphatic rings. The van der Waals surface area contributed by atoms with Crippen LogP contribution in [0.4, 0.5) is 0 Å². The highest BCUT2D eigenvalue weighted by Crippen LogP contribution is 2.33. The Morgan fingerprint density at radius 2 is 2.00 bits per heavy atom. The first-order valence-corrected chi connectivity index (χ1v) is 9.66. The molecule has 0 aliphatic carbocycles. The van der Waals surface area contributed by atoms with Gasteiger partial charge in [-0.1, -0.05) is 30.3 Å². The summed E-state index contributed by atoms with van der Waals surface area (Å²) in [5.41, 5.74) is 8.72. The molecule has 0 bridgehead atoms. The highest BCUT2D eigenvalue weighted by atomic mass is 32.1. The number of nitrogens with one attached hydrogen (secondary N) is 2. The van der Waals surface area contributed by atoms with E-state index in [0.29, 0.717) is 17.8 Å². The number of hydrogen-bond donors (Lipinski definition) is 3. The van der Waals surface area contributed by atoms with Crippen LogP contribution in [0.25, 0.3) is 21.5 Å². The molecule has 3 aromatic heterocycles. The summed E-state index contributed by atoms with van der Waals surface area (Å²) < 4.78 is 0. The SMILES string of the molecule is NCCC(NC(=O)c1ccc(-c2c[nH]c3ncccc23)s1)c1ccccc1. The largest absolute Gasteiger partial charge is 0.345 e. The topological polar surface area (TPSA) is 83.8 Å². The third kappa shape index (κ3) is 3.63. The summed E-state index contributed by atoms with van der Waals surface area (Å²) in [7, 11) is 0. The number of aromatic amines is 1. The van der Waals surface area contributed by atoms with Crippen LogP contribution in [0, 0.1) is 0 Å². The number of carbonyl (C=O) groups is 1. The van der Waals surface area contributed by atoms with Crippen molar-refractivity contribution < 1.29 is 4.79 Å².